The molecule has 10 rings (SSSR count). The number of rotatable bonds is 2. The van der Waals surface area contributed by atoms with E-state index in [1.54, 1.807) is 0 Å². The number of hydrogen-bond donors (Lipinski definition) is 0. The van der Waals surface area contributed by atoms with Crippen LogP contribution in [0.2, 0.25) is 0 Å². The molecule has 6 aliphatic rings. The first kappa shape index (κ1) is 21.2. The first-order valence-corrected chi connectivity index (χ1v) is 13.1. The van der Waals surface area contributed by atoms with Gasteiger partial charge in [-0.15, -0.1) is 0 Å². The Morgan fingerprint density at radius 2 is 1.08 bits per heavy atom. The second-order valence-corrected chi connectivity index (χ2v) is 11.4. The molecule has 4 saturated carbocycles. The Hall–Kier alpha value is -3.73. The highest BCUT2D eigenvalue weighted by Gasteiger charge is 2.75. The van der Waals surface area contributed by atoms with Crippen molar-refractivity contribution >= 4 is 33.1 Å². The van der Waals surface area contributed by atoms with E-state index in [9.17, 15) is 13.2 Å². The lowest BCUT2D eigenvalue weighted by Crippen LogP contribution is -2.17. The molecule has 0 nitrogen and oxygen atoms in total. The quantitative estimate of drug-likeness (QED) is 0.144. The van der Waals surface area contributed by atoms with Crippen LogP contribution in [0.1, 0.15) is 28.7 Å². The molecule has 0 aromatic heterocycles. The molecule has 4 aromatic rings. The molecule has 0 spiro atoms. The van der Waals surface area contributed by atoms with Gasteiger partial charge in [0.25, 0.3) is 0 Å². The number of halogens is 5. The summed E-state index contributed by atoms with van der Waals surface area (Å²) in [7, 11) is 0. The number of allylic oxidation sites excluding steroid dienone is 4. The van der Waals surface area contributed by atoms with Crippen molar-refractivity contribution in [2.45, 2.75) is 6.42 Å². The summed E-state index contributed by atoms with van der Waals surface area (Å²) < 4.78 is 74.9. The fourth-order valence-corrected chi connectivity index (χ4v) is 8.98. The average Bonchev–Trinajstić information content (AvgIpc) is 3.22. The zero-order valence-corrected chi connectivity index (χ0v) is 19.9. The lowest BCUT2D eigenvalue weighted by atomic mass is 9.79. The van der Waals surface area contributed by atoms with E-state index in [4.69, 9.17) is 0 Å². The van der Waals surface area contributed by atoms with Crippen LogP contribution in [0.15, 0.2) is 66.7 Å². The zero-order chi connectivity index (χ0) is 25.6. The third-order valence-electron chi connectivity index (χ3n) is 10.1. The standard InChI is InChI=1S/C33H19F5/c34-29-28(30(35)32(37)33(38)31(29)36)27-22-16-11-5-9-13-8-4-10-15(19(13)16)21(22)20(14-6-2-1-3-7-14)23-17-12-18-24(23)25(18)26(17)27/h1-11,17-18,23-26H,12H2/t17-,18+,23+,24?,25?,26+/m0/s1. The van der Waals surface area contributed by atoms with Crippen molar-refractivity contribution in [3.8, 4) is 0 Å². The van der Waals surface area contributed by atoms with Crippen molar-refractivity contribution in [3.63, 3.8) is 0 Å². The normalized spacial score (nSPS) is 29.4. The highest BCUT2D eigenvalue weighted by atomic mass is 19.2. The molecule has 38 heavy (non-hydrogen) atoms. The topological polar surface area (TPSA) is 0 Å². The van der Waals surface area contributed by atoms with Crippen LogP contribution in [0.5, 0.6) is 0 Å². The summed E-state index contributed by atoms with van der Waals surface area (Å²) in [5.74, 6) is -8.30. The fourth-order valence-electron chi connectivity index (χ4n) is 8.98. The van der Waals surface area contributed by atoms with E-state index >= 15 is 8.78 Å². The highest BCUT2D eigenvalue weighted by Crippen LogP contribution is 2.82. The van der Waals surface area contributed by atoms with Crippen LogP contribution in [0.4, 0.5) is 22.0 Å². The summed E-state index contributed by atoms with van der Waals surface area (Å²) in [6.07, 6.45) is 0.923. The Morgan fingerprint density at radius 3 is 1.68 bits per heavy atom. The van der Waals surface area contributed by atoms with Gasteiger partial charge in [-0.25, -0.2) is 22.0 Å². The first-order valence-electron chi connectivity index (χ1n) is 13.1. The van der Waals surface area contributed by atoms with Crippen molar-refractivity contribution in [3.05, 3.63) is 118 Å². The monoisotopic (exact) mass is 510 g/mol. The summed E-state index contributed by atoms with van der Waals surface area (Å²) in [5.41, 5.74) is 5.10. The van der Waals surface area contributed by atoms with E-state index in [-0.39, 0.29) is 23.7 Å². The third kappa shape index (κ3) is 2.26. The van der Waals surface area contributed by atoms with Gasteiger partial charge in [-0.2, -0.15) is 0 Å². The van der Waals surface area contributed by atoms with E-state index in [2.05, 4.69) is 12.1 Å². The van der Waals surface area contributed by atoms with Gasteiger partial charge in [-0.3, -0.25) is 0 Å². The first-order chi connectivity index (χ1) is 18.5. The summed E-state index contributed by atoms with van der Waals surface area (Å²) in [6.45, 7) is 0. The Balaban J connectivity index is 1.51. The van der Waals surface area contributed by atoms with Crippen LogP contribution in [0.3, 0.4) is 0 Å². The van der Waals surface area contributed by atoms with Gasteiger partial charge in [-0.1, -0.05) is 66.7 Å². The van der Waals surface area contributed by atoms with Crippen LogP contribution in [0, 0.1) is 64.6 Å². The molecule has 2 unspecified atom stereocenters. The van der Waals surface area contributed by atoms with E-state index < -0.39 is 34.6 Å². The molecule has 4 fully saturated rings. The smallest absolute Gasteiger partial charge is 0.200 e. The molecule has 0 N–H and O–H groups in total. The number of hydrogen-bond acceptors (Lipinski definition) is 0. The molecule has 0 heterocycles. The molecule has 0 aliphatic heterocycles. The van der Waals surface area contributed by atoms with Crippen LogP contribution in [0.25, 0.3) is 33.1 Å². The molecular formula is C33H19F5. The van der Waals surface area contributed by atoms with Crippen LogP contribution in [-0.4, -0.2) is 0 Å². The maximum atomic E-state index is 15.7. The minimum absolute atomic E-state index is 0.104. The van der Waals surface area contributed by atoms with E-state index in [0.717, 1.165) is 45.0 Å². The van der Waals surface area contributed by atoms with E-state index in [1.165, 1.54) is 0 Å². The predicted molar refractivity (Wildman–Crippen MR) is 136 cm³/mol. The van der Waals surface area contributed by atoms with Gasteiger partial charge in [0.15, 0.2) is 23.3 Å². The largest absolute Gasteiger partial charge is 0.203 e. The second kappa shape index (κ2) is 6.82. The fraction of sp³-hybridized carbons (Fsp3) is 0.212. The maximum absolute atomic E-state index is 15.7. The molecule has 186 valence electrons. The van der Waals surface area contributed by atoms with Gasteiger partial charge in [0.1, 0.15) is 0 Å². The molecule has 0 amide bonds. The van der Waals surface area contributed by atoms with Gasteiger partial charge in [0.05, 0.1) is 5.56 Å². The minimum Gasteiger partial charge on any atom is -0.203 e. The number of fused-ring (bicyclic) bond motifs is 3. The highest BCUT2D eigenvalue weighted by molar-refractivity contribution is 6.33. The van der Waals surface area contributed by atoms with Crippen molar-refractivity contribution in [1.29, 1.82) is 0 Å². The summed E-state index contributed by atoms with van der Waals surface area (Å²) >= 11 is 0. The Kier molecular flexibility index (Phi) is 3.81. The lowest BCUT2D eigenvalue weighted by Gasteiger charge is -2.24. The lowest BCUT2D eigenvalue weighted by molar-refractivity contribution is 0.373. The van der Waals surface area contributed by atoms with Crippen LogP contribution < -0.4 is 0 Å². The molecule has 6 aliphatic carbocycles. The van der Waals surface area contributed by atoms with Gasteiger partial charge in [0, 0.05) is 0 Å². The maximum Gasteiger partial charge on any atom is 0.200 e. The number of benzene rings is 4. The Morgan fingerprint density at radius 1 is 0.526 bits per heavy atom. The molecule has 6 atom stereocenters. The molecular weight excluding hydrogens is 491 g/mol. The van der Waals surface area contributed by atoms with Gasteiger partial charge in [-0.05, 0) is 91.7 Å². The second-order valence-electron chi connectivity index (χ2n) is 11.4. The van der Waals surface area contributed by atoms with Crippen LogP contribution in [-0.2, 0) is 0 Å². The van der Waals surface area contributed by atoms with Crippen molar-refractivity contribution in [1.82, 2.24) is 0 Å². The Labute approximate surface area is 215 Å². The molecule has 0 radical (unpaired) electrons. The molecule has 5 heteroatoms. The van der Waals surface area contributed by atoms with Crippen LogP contribution >= 0.6 is 0 Å². The van der Waals surface area contributed by atoms with E-state index in [1.807, 2.05) is 54.6 Å². The molecule has 0 saturated heterocycles. The molecule has 6 bridgehead atoms. The summed E-state index contributed by atoms with van der Waals surface area (Å²) in [6, 6.07) is 21.9. The van der Waals surface area contributed by atoms with Gasteiger partial charge < -0.3 is 0 Å². The third-order valence-corrected chi connectivity index (χ3v) is 10.1. The van der Waals surface area contributed by atoms with Gasteiger partial charge in [0.2, 0.25) is 5.82 Å². The average molecular weight is 511 g/mol. The van der Waals surface area contributed by atoms with Crippen molar-refractivity contribution in [2.75, 3.05) is 0 Å². The molecule has 4 aromatic carbocycles. The van der Waals surface area contributed by atoms with Crippen molar-refractivity contribution in [2.24, 2.45) is 35.5 Å². The Bertz CT molecular complexity index is 1800. The summed E-state index contributed by atoms with van der Waals surface area (Å²) in [4.78, 5) is 0. The summed E-state index contributed by atoms with van der Waals surface area (Å²) in [5, 5.41) is 1.95. The minimum atomic E-state index is -2.11. The van der Waals surface area contributed by atoms with Gasteiger partial charge >= 0.3 is 0 Å². The van der Waals surface area contributed by atoms with Crippen molar-refractivity contribution < 1.29 is 22.0 Å². The zero-order valence-electron chi connectivity index (χ0n) is 19.9. The van der Waals surface area contributed by atoms with E-state index in [0.29, 0.717) is 23.0 Å². The predicted octanol–water partition coefficient (Wildman–Crippen LogP) is 8.51. The SMILES string of the molecule is Fc1c(F)c(F)c(C2=C3C(=C(c4ccccc4)[C@@H]4C5C6[C@@H]5C[C@@H]4[C@@H]26)c2cccc4cccc3c24)c(F)c1F.